The molecule has 0 spiro atoms. The van der Waals surface area contributed by atoms with E-state index in [9.17, 15) is 14.9 Å². The summed E-state index contributed by atoms with van der Waals surface area (Å²) in [6, 6.07) is 13.5. The summed E-state index contributed by atoms with van der Waals surface area (Å²) in [7, 11) is 0. The third-order valence-corrected chi connectivity index (χ3v) is 2.44. The number of hydrogen-bond donors (Lipinski definition) is 0. The highest BCUT2D eigenvalue weighted by Crippen LogP contribution is 2.30. The molecule has 0 aliphatic carbocycles. The van der Waals surface area contributed by atoms with Crippen molar-refractivity contribution in [3.63, 3.8) is 0 Å². The standard InChI is InChI=1S/C13H9NO3/c15-9-10-6-7-12(13(8-10)14(16)17)11-4-2-1-3-5-11/h1-9H. The van der Waals surface area contributed by atoms with Gasteiger partial charge in [-0.2, -0.15) is 0 Å². The van der Waals surface area contributed by atoms with E-state index in [0.717, 1.165) is 5.56 Å². The molecule has 0 aliphatic rings. The first-order chi connectivity index (χ1) is 8.22. The zero-order valence-electron chi connectivity index (χ0n) is 8.87. The highest BCUT2D eigenvalue weighted by Gasteiger charge is 2.15. The van der Waals surface area contributed by atoms with E-state index < -0.39 is 4.92 Å². The molecule has 2 rings (SSSR count). The van der Waals surface area contributed by atoms with Gasteiger partial charge in [0, 0.05) is 11.6 Å². The van der Waals surface area contributed by atoms with Crippen molar-refractivity contribution >= 4 is 12.0 Å². The Bertz CT molecular complexity index is 564. The number of hydrogen-bond acceptors (Lipinski definition) is 3. The van der Waals surface area contributed by atoms with E-state index >= 15 is 0 Å². The Morgan fingerprint density at radius 2 is 1.76 bits per heavy atom. The maximum Gasteiger partial charge on any atom is 0.277 e. The Morgan fingerprint density at radius 1 is 1.06 bits per heavy atom. The number of nitro benzene ring substituents is 1. The number of nitrogens with zero attached hydrogens (tertiary/aromatic N) is 1. The third kappa shape index (κ3) is 2.20. The minimum absolute atomic E-state index is 0.0548. The predicted molar refractivity (Wildman–Crippen MR) is 63.9 cm³/mol. The van der Waals surface area contributed by atoms with Crippen LogP contribution in [0.4, 0.5) is 5.69 Å². The molecule has 0 amide bonds. The largest absolute Gasteiger partial charge is 0.298 e. The first kappa shape index (κ1) is 11.0. The summed E-state index contributed by atoms with van der Waals surface area (Å²) in [5.74, 6) is 0. The monoisotopic (exact) mass is 227 g/mol. The van der Waals surface area contributed by atoms with Crippen LogP contribution in [-0.2, 0) is 0 Å². The summed E-state index contributed by atoms with van der Waals surface area (Å²) in [5.41, 5.74) is 1.52. The topological polar surface area (TPSA) is 60.2 Å². The SMILES string of the molecule is O=Cc1ccc(-c2ccccc2)c([N+](=O)[O-])c1. The van der Waals surface area contributed by atoms with Crippen LogP contribution in [0.5, 0.6) is 0 Å². The molecule has 0 saturated heterocycles. The van der Waals surface area contributed by atoms with Crippen molar-refractivity contribution in [2.24, 2.45) is 0 Å². The van der Waals surface area contributed by atoms with Crippen LogP contribution in [0.25, 0.3) is 11.1 Å². The molecule has 17 heavy (non-hydrogen) atoms. The summed E-state index contributed by atoms with van der Waals surface area (Å²) in [4.78, 5) is 21.1. The molecule has 0 radical (unpaired) electrons. The fourth-order valence-corrected chi connectivity index (χ4v) is 1.63. The number of nitro groups is 1. The highest BCUT2D eigenvalue weighted by molar-refractivity contribution is 5.82. The van der Waals surface area contributed by atoms with E-state index in [1.165, 1.54) is 6.07 Å². The van der Waals surface area contributed by atoms with E-state index in [1.54, 1.807) is 24.3 Å². The molecule has 0 aliphatic heterocycles. The van der Waals surface area contributed by atoms with Gasteiger partial charge in [-0.1, -0.05) is 36.4 Å². The lowest BCUT2D eigenvalue weighted by atomic mass is 10.0. The van der Waals surface area contributed by atoms with E-state index in [-0.39, 0.29) is 5.69 Å². The van der Waals surface area contributed by atoms with Gasteiger partial charge >= 0.3 is 0 Å². The summed E-state index contributed by atoms with van der Waals surface area (Å²) in [6.45, 7) is 0. The van der Waals surface area contributed by atoms with Crippen molar-refractivity contribution in [1.29, 1.82) is 0 Å². The van der Waals surface area contributed by atoms with Gasteiger partial charge < -0.3 is 0 Å². The number of carbonyl (C=O) groups excluding carboxylic acids is 1. The molecular weight excluding hydrogens is 218 g/mol. The lowest BCUT2D eigenvalue weighted by Crippen LogP contribution is -1.93. The Kier molecular flexibility index (Phi) is 2.96. The maximum atomic E-state index is 11.0. The van der Waals surface area contributed by atoms with Crippen LogP contribution in [0.15, 0.2) is 48.5 Å². The van der Waals surface area contributed by atoms with Gasteiger partial charge in [0.2, 0.25) is 0 Å². The van der Waals surface area contributed by atoms with Crippen molar-refractivity contribution < 1.29 is 9.72 Å². The first-order valence-electron chi connectivity index (χ1n) is 5.01. The van der Waals surface area contributed by atoms with Crippen molar-refractivity contribution in [3.05, 3.63) is 64.2 Å². The van der Waals surface area contributed by atoms with Gasteiger partial charge in [-0.05, 0) is 11.6 Å². The quantitative estimate of drug-likeness (QED) is 0.460. The van der Waals surface area contributed by atoms with E-state index in [0.29, 0.717) is 17.4 Å². The minimum Gasteiger partial charge on any atom is -0.298 e. The average Bonchev–Trinajstić information content (AvgIpc) is 2.39. The molecule has 0 saturated carbocycles. The van der Waals surface area contributed by atoms with Crippen LogP contribution >= 0.6 is 0 Å². The van der Waals surface area contributed by atoms with Crippen molar-refractivity contribution in [1.82, 2.24) is 0 Å². The van der Waals surface area contributed by atoms with E-state index in [4.69, 9.17) is 0 Å². The van der Waals surface area contributed by atoms with Gasteiger partial charge in [-0.3, -0.25) is 14.9 Å². The first-order valence-corrected chi connectivity index (χ1v) is 5.01. The fourth-order valence-electron chi connectivity index (χ4n) is 1.63. The van der Waals surface area contributed by atoms with Crippen molar-refractivity contribution in [2.75, 3.05) is 0 Å². The molecule has 4 heteroatoms. The number of benzene rings is 2. The lowest BCUT2D eigenvalue weighted by Gasteiger charge is -2.03. The van der Waals surface area contributed by atoms with E-state index in [2.05, 4.69) is 0 Å². The van der Waals surface area contributed by atoms with Crippen LogP contribution < -0.4 is 0 Å². The predicted octanol–water partition coefficient (Wildman–Crippen LogP) is 3.07. The lowest BCUT2D eigenvalue weighted by molar-refractivity contribution is -0.384. The van der Waals surface area contributed by atoms with Crippen LogP contribution in [0, 0.1) is 10.1 Å². The molecule has 0 atom stereocenters. The van der Waals surface area contributed by atoms with Gasteiger partial charge in [0.25, 0.3) is 5.69 Å². The molecule has 0 bridgehead atoms. The Balaban J connectivity index is 2.62. The number of rotatable bonds is 3. The van der Waals surface area contributed by atoms with E-state index in [1.807, 2.05) is 18.2 Å². The minimum atomic E-state index is -0.477. The second-order valence-electron chi connectivity index (χ2n) is 3.52. The average molecular weight is 227 g/mol. The molecule has 0 aromatic heterocycles. The summed E-state index contributed by atoms with van der Waals surface area (Å²) < 4.78 is 0. The number of aldehydes is 1. The molecule has 0 N–H and O–H groups in total. The van der Waals surface area contributed by atoms with Gasteiger partial charge in [0.05, 0.1) is 10.5 Å². The molecule has 2 aromatic carbocycles. The van der Waals surface area contributed by atoms with Gasteiger partial charge in [0.15, 0.2) is 0 Å². The van der Waals surface area contributed by atoms with Crippen LogP contribution in [0.3, 0.4) is 0 Å². The summed E-state index contributed by atoms with van der Waals surface area (Å²) in [6.07, 6.45) is 0.599. The zero-order valence-corrected chi connectivity index (χ0v) is 8.87. The van der Waals surface area contributed by atoms with Crippen LogP contribution in [0.1, 0.15) is 10.4 Å². The molecule has 84 valence electrons. The summed E-state index contributed by atoms with van der Waals surface area (Å²) >= 11 is 0. The molecule has 0 fully saturated rings. The van der Waals surface area contributed by atoms with Crippen LogP contribution in [-0.4, -0.2) is 11.2 Å². The number of carbonyl (C=O) groups is 1. The Morgan fingerprint density at radius 3 is 2.35 bits per heavy atom. The van der Waals surface area contributed by atoms with Crippen molar-refractivity contribution in [2.45, 2.75) is 0 Å². The molecule has 4 nitrogen and oxygen atoms in total. The Hall–Kier alpha value is -2.49. The second-order valence-corrected chi connectivity index (χ2v) is 3.52. The zero-order chi connectivity index (χ0) is 12.3. The summed E-state index contributed by atoms with van der Waals surface area (Å²) in [5, 5.41) is 11.0. The molecular formula is C13H9NO3. The van der Waals surface area contributed by atoms with Gasteiger partial charge in [0.1, 0.15) is 6.29 Å². The molecule has 0 unspecified atom stereocenters. The smallest absolute Gasteiger partial charge is 0.277 e. The normalized spacial score (nSPS) is 9.88. The highest BCUT2D eigenvalue weighted by atomic mass is 16.6. The molecule has 2 aromatic rings. The van der Waals surface area contributed by atoms with Crippen molar-refractivity contribution in [3.8, 4) is 11.1 Å². The molecule has 0 heterocycles. The second kappa shape index (κ2) is 4.57. The fraction of sp³-hybridized carbons (Fsp3) is 0. The third-order valence-electron chi connectivity index (χ3n) is 2.44. The Labute approximate surface area is 97.7 Å². The maximum absolute atomic E-state index is 11.0. The van der Waals surface area contributed by atoms with Crippen LogP contribution in [0.2, 0.25) is 0 Å². The van der Waals surface area contributed by atoms with Gasteiger partial charge in [-0.25, -0.2) is 0 Å². The van der Waals surface area contributed by atoms with Gasteiger partial charge in [-0.15, -0.1) is 0 Å².